The zero-order valence-electron chi connectivity index (χ0n) is 16.9. The number of rotatable bonds is 7. The lowest BCUT2D eigenvalue weighted by Gasteiger charge is -2.10. The number of carbonyl (C=O) groups excluding carboxylic acids is 1. The highest BCUT2D eigenvalue weighted by Gasteiger charge is 2.28. The van der Waals surface area contributed by atoms with E-state index in [1.807, 2.05) is 30.3 Å². The zero-order valence-corrected chi connectivity index (χ0v) is 19.3. The Morgan fingerprint density at radius 3 is 2.16 bits per heavy atom. The minimum absolute atomic E-state index is 0.0537. The van der Waals surface area contributed by atoms with E-state index in [9.17, 15) is 21.6 Å². The summed E-state index contributed by atoms with van der Waals surface area (Å²) in [5.74, 6) is 4.48. The van der Waals surface area contributed by atoms with Crippen molar-refractivity contribution >= 4 is 37.2 Å². The van der Waals surface area contributed by atoms with E-state index in [2.05, 4.69) is 21.3 Å². The standard InChI is InChI=1S/C22H19NO6S3/c1-29-22(24)19(14-8-11-17-9-4-2-5-10-17)23-32(27,28)21-16-15-20(30-21)31(25,26)18-12-6-3-7-13-18/h2-7,9-10,12-13,15-16,19,23H,11H2,1H3. The number of nitrogens with one attached hydrogen (secondary N) is 1. The minimum Gasteiger partial charge on any atom is -0.467 e. The highest BCUT2D eigenvalue weighted by Crippen LogP contribution is 2.30. The van der Waals surface area contributed by atoms with E-state index in [1.165, 1.54) is 24.3 Å². The van der Waals surface area contributed by atoms with E-state index < -0.39 is 31.9 Å². The van der Waals surface area contributed by atoms with Crippen molar-refractivity contribution in [1.82, 2.24) is 4.72 Å². The van der Waals surface area contributed by atoms with E-state index in [1.54, 1.807) is 18.2 Å². The fraction of sp³-hybridized carbons (Fsp3) is 0.136. The van der Waals surface area contributed by atoms with Gasteiger partial charge in [0.2, 0.25) is 9.84 Å². The summed E-state index contributed by atoms with van der Waals surface area (Å²) in [6.45, 7) is 0. The van der Waals surface area contributed by atoms with Crippen LogP contribution in [0.4, 0.5) is 0 Å². The molecule has 0 aliphatic heterocycles. The quantitative estimate of drug-likeness (QED) is 0.404. The molecule has 32 heavy (non-hydrogen) atoms. The molecule has 166 valence electrons. The SMILES string of the molecule is COC(=O)C(C#CCc1ccccc1)NS(=O)(=O)c1ccc(S(=O)(=O)c2ccccc2)s1. The van der Waals surface area contributed by atoms with Gasteiger partial charge in [-0.3, -0.25) is 0 Å². The minimum atomic E-state index is -4.23. The number of ether oxygens (including phenoxy) is 1. The van der Waals surface area contributed by atoms with E-state index in [0.29, 0.717) is 17.8 Å². The molecule has 0 fully saturated rings. The molecule has 10 heteroatoms. The molecule has 0 aliphatic rings. The highest BCUT2D eigenvalue weighted by molar-refractivity contribution is 7.95. The monoisotopic (exact) mass is 489 g/mol. The average molecular weight is 490 g/mol. The van der Waals surface area contributed by atoms with Gasteiger partial charge in [-0.15, -0.1) is 11.3 Å². The van der Waals surface area contributed by atoms with Crippen LogP contribution in [-0.2, 0) is 35.8 Å². The molecule has 1 aromatic heterocycles. The van der Waals surface area contributed by atoms with Crippen molar-refractivity contribution in [1.29, 1.82) is 0 Å². The maximum atomic E-state index is 12.8. The molecule has 1 atom stereocenters. The molecule has 0 spiro atoms. The maximum Gasteiger partial charge on any atom is 0.336 e. The van der Waals surface area contributed by atoms with Crippen molar-refractivity contribution in [2.45, 2.75) is 25.8 Å². The summed E-state index contributed by atoms with van der Waals surface area (Å²) in [5.41, 5.74) is 0.903. The molecule has 0 amide bonds. The second-order valence-electron chi connectivity index (χ2n) is 6.45. The fourth-order valence-electron chi connectivity index (χ4n) is 2.63. The molecule has 0 saturated heterocycles. The Balaban J connectivity index is 1.83. The fourth-order valence-corrected chi connectivity index (χ4v) is 6.93. The highest BCUT2D eigenvalue weighted by atomic mass is 32.3. The molecular formula is C22H19NO6S3. The van der Waals surface area contributed by atoms with Crippen LogP contribution in [0.1, 0.15) is 5.56 Å². The van der Waals surface area contributed by atoms with Crippen LogP contribution in [0.5, 0.6) is 0 Å². The Morgan fingerprint density at radius 1 is 0.938 bits per heavy atom. The number of benzene rings is 2. The Morgan fingerprint density at radius 2 is 1.53 bits per heavy atom. The van der Waals surface area contributed by atoms with Crippen molar-refractivity contribution in [2.24, 2.45) is 0 Å². The molecule has 7 nitrogen and oxygen atoms in total. The molecule has 3 rings (SSSR count). The van der Waals surface area contributed by atoms with Crippen molar-refractivity contribution in [3.63, 3.8) is 0 Å². The molecule has 0 saturated carbocycles. The number of carbonyl (C=O) groups is 1. The summed E-state index contributed by atoms with van der Waals surface area (Å²) in [6, 6.07) is 17.9. The average Bonchev–Trinajstić information content (AvgIpc) is 3.31. The van der Waals surface area contributed by atoms with Crippen LogP contribution in [0.2, 0.25) is 0 Å². The molecule has 1 N–H and O–H groups in total. The largest absolute Gasteiger partial charge is 0.467 e. The van der Waals surface area contributed by atoms with Gasteiger partial charge in [0.1, 0.15) is 8.42 Å². The van der Waals surface area contributed by atoms with Gasteiger partial charge in [-0.05, 0) is 29.8 Å². The van der Waals surface area contributed by atoms with Gasteiger partial charge in [-0.1, -0.05) is 60.4 Å². The van der Waals surface area contributed by atoms with Crippen molar-refractivity contribution in [3.8, 4) is 11.8 Å². The number of sulfonamides is 1. The molecule has 1 unspecified atom stereocenters. The first-order valence-electron chi connectivity index (χ1n) is 9.26. The summed E-state index contributed by atoms with van der Waals surface area (Å²) < 4.78 is 57.5. The first kappa shape index (κ1) is 23.7. The molecular weight excluding hydrogens is 470 g/mol. The van der Waals surface area contributed by atoms with Crippen molar-refractivity contribution < 1.29 is 26.4 Å². The lowest BCUT2D eigenvalue weighted by Crippen LogP contribution is -2.40. The number of esters is 1. The topological polar surface area (TPSA) is 107 Å². The first-order chi connectivity index (χ1) is 15.2. The molecule has 2 aromatic carbocycles. The molecule has 3 aromatic rings. The molecule has 0 bridgehead atoms. The molecule has 0 aliphatic carbocycles. The molecule has 0 radical (unpaired) electrons. The van der Waals surface area contributed by atoms with Gasteiger partial charge in [0.15, 0.2) is 6.04 Å². The number of thiophene rings is 1. The lowest BCUT2D eigenvalue weighted by molar-refractivity contribution is -0.141. The Labute approximate surface area is 191 Å². The predicted octanol–water partition coefficient (Wildman–Crippen LogP) is 2.65. The summed E-state index contributed by atoms with van der Waals surface area (Å²) >= 11 is 0.585. The summed E-state index contributed by atoms with van der Waals surface area (Å²) in [4.78, 5) is 12.1. The summed E-state index contributed by atoms with van der Waals surface area (Å²) in [7, 11) is -6.97. The summed E-state index contributed by atoms with van der Waals surface area (Å²) in [6.07, 6.45) is 0.314. The maximum absolute atomic E-state index is 12.8. The van der Waals surface area contributed by atoms with Crippen LogP contribution in [0.3, 0.4) is 0 Å². The molecule has 1 heterocycles. The van der Waals surface area contributed by atoms with Gasteiger partial charge in [-0.25, -0.2) is 21.6 Å². The van der Waals surface area contributed by atoms with Gasteiger partial charge in [-0.2, -0.15) is 4.72 Å². The third-order valence-electron chi connectivity index (χ3n) is 4.23. The Hall–Kier alpha value is -2.97. The number of hydrogen-bond donors (Lipinski definition) is 1. The van der Waals surface area contributed by atoms with E-state index in [4.69, 9.17) is 0 Å². The van der Waals surface area contributed by atoms with Gasteiger partial charge < -0.3 is 4.74 Å². The summed E-state index contributed by atoms with van der Waals surface area (Å²) in [5, 5.41) is 0. The second kappa shape index (κ2) is 10.1. The van der Waals surface area contributed by atoms with Gasteiger partial charge >= 0.3 is 5.97 Å². The van der Waals surface area contributed by atoms with Gasteiger partial charge in [0.25, 0.3) is 10.0 Å². The van der Waals surface area contributed by atoms with Gasteiger partial charge in [0.05, 0.1) is 12.0 Å². The van der Waals surface area contributed by atoms with E-state index in [-0.39, 0.29) is 13.3 Å². The normalized spacial score (nSPS) is 12.4. The van der Waals surface area contributed by atoms with Crippen LogP contribution >= 0.6 is 11.3 Å². The van der Waals surface area contributed by atoms with Crippen LogP contribution < -0.4 is 4.72 Å². The third kappa shape index (κ3) is 5.63. The number of methoxy groups -OCH3 is 1. The van der Waals surface area contributed by atoms with Crippen molar-refractivity contribution in [2.75, 3.05) is 7.11 Å². The van der Waals surface area contributed by atoms with Crippen LogP contribution in [0.25, 0.3) is 0 Å². The Bertz CT molecular complexity index is 1350. The van der Waals surface area contributed by atoms with Gasteiger partial charge in [0, 0.05) is 6.42 Å². The van der Waals surface area contributed by atoms with E-state index >= 15 is 0 Å². The zero-order chi connectivity index (χ0) is 23.2. The van der Waals surface area contributed by atoms with Crippen molar-refractivity contribution in [3.05, 3.63) is 78.4 Å². The number of hydrogen-bond acceptors (Lipinski definition) is 7. The first-order valence-corrected chi connectivity index (χ1v) is 13.0. The van der Waals surface area contributed by atoms with Crippen LogP contribution in [-0.4, -0.2) is 36.0 Å². The number of sulfone groups is 1. The van der Waals surface area contributed by atoms with Crippen LogP contribution in [0.15, 0.2) is 86.1 Å². The van der Waals surface area contributed by atoms with Crippen LogP contribution in [0, 0.1) is 11.8 Å². The van der Waals surface area contributed by atoms with E-state index in [0.717, 1.165) is 12.7 Å². The third-order valence-corrected chi connectivity index (χ3v) is 9.49. The lowest BCUT2D eigenvalue weighted by atomic mass is 10.1. The predicted molar refractivity (Wildman–Crippen MR) is 120 cm³/mol. The second-order valence-corrected chi connectivity index (χ2v) is 11.7. The smallest absolute Gasteiger partial charge is 0.336 e. The Kier molecular flexibility index (Phi) is 7.48.